The highest BCUT2D eigenvalue weighted by Gasteiger charge is 2.31. The van der Waals surface area contributed by atoms with Gasteiger partial charge in [0.1, 0.15) is 0 Å². The van der Waals surface area contributed by atoms with Gasteiger partial charge in [-0.1, -0.05) is 0 Å². The summed E-state index contributed by atoms with van der Waals surface area (Å²) < 4.78 is 27.9. The second kappa shape index (κ2) is 1.93. The van der Waals surface area contributed by atoms with Crippen molar-refractivity contribution in [2.24, 2.45) is 0 Å². The summed E-state index contributed by atoms with van der Waals surface area (Å²) in [5.74, 6) is 0. The molecule has 0 amide bonds. The Labute approximate surface area is 54.5 Å². The first-order valence-electron chi connectivity index (χ1n) is 2.72. The van der Waals surface area contributed by atoms with Gasteiger partial charge in [-0.05, 0) is 13.8 Å². The highest BCUT2D eigenvalue weighted by molar-refractivity contribution is 7.85. The Bertz CT molecular complexity index is 182. The van der Waals surface area contributed by atoms with E-state index in [0.717, 1.165) is 0 Å². The van der Waals surface area contributed by atoms with Gasteiger partial charge in [-0.2, -0.15) is 13.1 Å². The van der Waals surface area contributed by atoms with Gasteiger partial charge in [-0.25, -0.2) is 0 Å². The Hall–Kier alpha value is -0.130. The van der Waals surface area contributed by atoms with E-state index >= 15 is 0 Å². The average Bonchev–Trinajstić information content (AvgIpc) is 1.79. The molecular formula is C4H9NO3S. The largest absolute Gasteiger partial charge is 0.336 e. The summed E-state index contributed by atoms with van der Waals surface area (Å²) in [6.07, 6.45) is -0.241. The molecule has 1 heterocycles. The normalized spacial score (nSPS) is 41.1. The zero-order valence-electron chi connectivity index (χ0n) is 5.29. The van der Waals surface area contributed by atoms with Crippen LogP contribution in [0.15, 0.2) is 0 Å². The van der Waals surface area contributed by atoms with Gasteiger partial charge >= 0.3 is 10.3 Å². The Balaban J connectivity index is 2.77. The van der Waals surface area contributed by atoms with Crippen LogP contribution in [0.1, 0.15) is 13.8 Å². The van der Waals surface area contributed by atoms with Crippen LogP contribution in [0.4, 0.5) is 0 Å². The molecule has 0 aromatic carbocycles. The SMILES string of the molecule is CC1NS(=O)(=O)OC1C. The van der Waals surface area contributed by atoms with Crippen LogP contribution in [0.5, 0.6) is 0 Å². The van der Waals surface area contributed by atoms with E-state index in [9.17, 15) is 8.42 Å². The van der Waals surface area contributed by atoms with E-state index in [1.54, 1.807) is 13.8 Å². The van der Waals surface area contributed by atoms with Crippen molar-refractivity contribution < 1.29 is 12.6 Å². The van der Waals surface area contributed by atoms with Gasteiger partial charge in [0.05, 0.1) is 6.10 Å². The third-order valence-corrected chi connectivity index (χ3v) is 2.53. The molecule has 1 saturated heterocycles. The first-order chi connectivity index (χ1) is 4.01. The summed E-state index contributed by atoms with van der Waals surface area (Å²) in [5.41, 5.74) is 0. The molecule has 1 aliphatic heterocycles. The van der Waals surface area contributed by atoms with Crippen molar-refractivity contribution in [2.45, 2.75) is 26.0 Å². The zero-order valence-corrected chi connectivity index (χ0v) is 6.10. The molecule has 1 fully saturated rings. The summed E-state index contributed by atoms with van der Waals surface area (Å²) in [5, 5.41) is 0. The molecule has 2 unspecified atom stereocenters. The van der Waals surface area contributed by atoms with Crippen LogP contribution < -0.4 is 4.72 Å². The predicted molar refractivity (Wildman–Crippen MR) is 32.1 cm³/mol. The zero-order chi connectivity index (χ0) is 7.07. The second-order valence-corrected chi connectivity index (χ2v) is 3.50. The van der Waals surface area contributed by atoms with Crippen LogP contribution in [-0.2, 0) is 14.5 Å². The minimum atomic E-state index is -3.39. The lowest BCUT2D eigenvalue weighted by molar-refractivity contribution is 0.242. The van der Waals surface area contributed by atoms with Crippen LogP contribution in [0.3, 0.4) is 0 Å². The van der Waals surface area contributed by atoms with E-state index in [-0.39, 0.29) is 12.1 Å². The fourth-order valence-corrected chi connectivity index (χ4v) is 1.90. The Morgan fingerprint density at radius 2 is 2.00 bits per heavy atom. The fourth-order valence-electron chi connectivity index (χ4n) is 0.634. The third-order valence-electron chi connectivity index (χ3n) is 1.31. The van der Waals surface area contributed by atoms with Gasteiger partial charge in [-0.3, -0.25) is 4.18 Å². The summed E-state index contributed by atoms with van der Waals surface area (Å²) in [4.78, 5) is 0. The van der Waals surface area contributed by atoms with E-state index < -0.39 is 10.3 Å². The van der Waals surface area contributed by atoms with E-state index in [1.807, 2.05) is 0 Å². The molecule has 5 heteroatoms. The summed E-state index contributed by atoms with van der Waals surface area (Å²) in [7, 11) is -3.39. The van der Waals surface area contributed by atoms with Gasteiger partial charge < -0.3 is 0 Å². The van der Waals surface area contributed by atoms with Crippen LogP contribution in [0.25, 0.3) is 0 Å². The van der Waals surface area contributed by atoms with Crippen LogP contribution in [0, 0.1) is 0 Å². The molecule has 4 nitrogen and oxygen atoms in total. The Morgan fingerprint density at radius 1 is 1.44 bits per heavy atom. The van der Waals surface area contributed by atoms with Crippen molar-refractivity contribution in [3.05, 3.63) is 0 Å². The molecule has 9 heavy (non-hydrogen) atoms. The smallest absolute Gasteiger partial charge is 0.253 e. The van der Waals surface area contributed by atoms with Crippen molar-refractivity contribution in [1.29, 1.82) is 0 Å². The molecule has 0 aliphatic carbocycles. The highest BCUT2D eigenvalue weighted by Crippen LogP contribution is 2.10. The predicted octanol–water partition coefficient (Wildman–Crippen LogP) is -0.372. The van der Waals surface area contributed by atoms with Gasteiger partial charge in [0, 0.05) is 6.04 Å². The van der Waals surface area contributed by atoms with Crippen molar-refractivity contribution in [3.63, 3.8) is 0 Å². The minimum absolute atomic E-state index is 0.102. The van der Waals surface area contributed by atoms with Crippen molar-refractivity contribution >= 4 is 10.3 Å². The Kier molecular flexibility index (Phi) is 1.50. The molecule has 0 saturated carbocycles. The van der Waals surface area contributed by atoms with E-state index in [1.165, 1.54) is 0 Å². The van der Waals surface area contributed by atoms with Gasteiger partial charge in [0.25, 0.3) is 0 Å². The first-order valence-corrected chi connectivity index (χ1v) is 4.12. The van der Waals surface area contributed by atoms with Crippen LogP contribution in [-0.4, -0.2) is 20.6 Å². The fraction of sp³-hybridized carbons (Fsp3) is 1.00. The molecule has 0 aromatic heterocycles. The number of hydrogen-bond acceptors (Lipinski definition) is 3. The molecule has 0 bridgehead atoms. The molecule has 54 valence electrons. The van der Waals surface area contributed by atoms with E-state index in [2.05, 4.69) is 8.91 Å². The van der Waals surface area contributed by atoms with Crippen molar-refractivity contribution in [1.82, 2.24) is 4.72 Å². The average molecular weight is 151 g/mol. The summed E-state index contributed by atoms with van der Waals surface area (Å²) >= 11 is 0. The van der Waals surface area contributed by atoms with Gasteiger partial charge in [0.2, 0.25) is 0 Å². The lowest BCUT2D eigenvalue weighted by Crippen LogP contribution is -2.26. The van der Waals surface area contributed by atoms with E-state index in [4.69, 9.17) is 0 Å². The quantitative estimate of drug-likeness (QED) is 0.514. The monoisotopic (exact) mass is 151 g/mol. The molecule has 0 radical (unpaired) electrons. The minimum Gasteiger partial charge on any atom is -0.253 e. The maximum Gasteiger partial charge on any atom is 0.336 e. The number of nitrogens with one attached hydrogen (secondary N) is 1. The lowest BCUT2D eigenvalue weighted by Gasteiger charge is -2.00. The molecule has 2 atom stereocenters. The molecule has 1 N–H and O–H groups in total. The molecular weight excluding hydrogens is 142 g/mol. The summed E-state index contributed by atoms with van der Waals surface area (Å²) in [6.45, 7) is 3.47. The lowest BCUT2D eigenvalue weighted by atomic mass is 10.2. The third kappa shape index (κ3) is 1.41. The summed E-state index contributed by atoms with van der Waals surface area (Å²) in [6, 6.07) is -0.102. The van der Waals surface area contributed by atoms with Gasteiger partial charge in [0.15, 0.2) is 0 Å². The van der Waals surface area contributed by atoms with Crippen molar-refractivity contribution in [2.75, 3.05) is 0 Å². The molecule has 0 spiro atoms. The number of hydrogen-bond donors (Lipinski definition) is 1. The van der Waals surface area contributed by atoms with Crippen LogP contribution in [0.2, 0.25) is 0 Å². The van der Waals surface area contributed by atoms with Crippen molar-refractivity contribution in [3.8, 4) is 0 Å². The van der Waals surface area contributed by atoms with Crippen LogP contribution >= 0.6 is 0 Å². The molecule has 1 aliphatic rings. The molecule has 1 rings (SSSR count). The Morgan fingerprint density at radius 3 is 2.11 bits per heavy atom. The standard InChI is InChI=1S/C4H9NO3S/c1-3-4(2)8-9(6,7)5-3/h3-5H,1-2H3. The molecule has 0 aromatic rings. The first kappa shape index (κ1) is 6.98. The van der Waals surface area contributed by atoms with E-state index in [0.29, 0.717) is 0 Å². The highest BCUT2D eigenvalue weighted by atomic mass is 32.2. The topological polar surface area (TPSA) is 55.4 Å². The maximum absolute atomic E-state index is 10.5. The maximum atomic E-state index is 10.5. The second-order valence-electron chi connectivity index (χ2n) is 2.16. The number of rotatable bonds is 0. The van der Waals surface area contributed by atoms with Gasteiger partial charge in [-0.15, -0.1) is 0 Å².